The Morgan fingerprint density at radius 2 is 2.19 bits per heavy atom. The maximum absolute atomic E-state index is 13.3. The third-order valence-corrected chi connectivity index (χ3v) is 4.10. The number of thioether (sulfide) groups is 1. The van der Waals surface area contributed by atoms with Crippen LogP contribution in [0.3, 0.4) is 0 Å². The van der Waals surface area contributed by atoms with Gasteiger partial charge in [-0.15, -0.1) is 5.10 Å². The van der Waals surface area contributed by atoms with Gasteiger partial charge < -0.3 is 5.32 Å². The van der Waals surface area contributed by atoms with Crippen molar-refractivity contribution in [3.05, 3.63) is 35.1 Å². The number of rotatable bonds is 8. The topological polar surface area (TPSA) is 55.6 Å². The van der Waals surface area contributed by atoms with E-state index in [2.05, 4.69) is 27.8 Å². The Kier molecular flexibility index (Phi) is 6.13. The van der Waals surface area contributed by atoms with Gasteiger partial charge in [-0.3, -0.25) is 0 Å². The standard InChI is InChI=1S/C14H20FN5S/c1-3-6-16-7-8-20-14(17-18-19-20)21-10-12-9-13(15)5-4-11(12)2/h4-5,9,16H,3,6-8,10H2,1-2H3. The lowest BCUT2D eigenvalue weighted by Crippen LogP contribution is -2.21. The predicted molar refractivity (Wildman–Crippen MR) is 81.7 cm³/mol. The van der Waals surface area contributed by atoms with Crippen LogP contribution < -0.4 is 5.32 Å². The fourth-order valence-electron chi connectivity index (χ4n) is 1.86. The summed E-state index contributed by atoms with van der Waals surface area (Å²) >= 11 is 1.53. The first-order valence-electron chi connectivity index (χ1n) is 7.05. The molecule has 0 fully saturated rings. The molecule has 0 unspecified atom stereocenters. The summed E-state index contributed by atoms with van der Waals surface area (Å²) in [5.41, 5.74) is 2.05. The minimum Gasteiger partial charge on any atom is -0.315 e. The second kappa shape index (κ2) is 8.09. The van der Waals surface area contributed by atoms with Gasteiger partial charge in [-0.05, 0) is 53.6 Å². The number of nitrogens with one attached hydrogen (secondary N) is 1. The van der Waals surface area contributed by atoms with Crippen molar-refractivity contribution >= 4 is 11.8 Å². The fourth-order valence-corrected chi connectivity index (χ4v) is 2.83. The molecule has 0 aliphatic carbocycles. The molecular formula is C14H20FN5S. The Morgan fingerprint density at radius 1 is 1.33 bits per heavy atom. The van der Waals surface area contributed by atoms with Crippen LogP contribution >= 0.6 is 11.8 Å². The van der Waals surface area contributed by atoms with Crippen LogP contribution in [0.1, 0.15) is 24.5 Å². The Bertz CT molecular complexity index is 572. The third-order valence-electron chi connectivity index (χ3n) is 3.09. The first-order chi connectivity index (χ1) is 10.2. The lowest BCUT2D eigenvalue weighted by Gasteiger charge is -2.07. The van der Waals surface area contributed by atoms with E-state index in [1.54, 1.807) is 16.8 Å². The molecule has 21 heavy (non-hydrogen) atoms. The zero-order chi connectivity index (χ0) is 15.1. The largest absolute Gasteiger partial charge is 0.315 e. The van der Waals surface area contributed by atoms with Crippen LogP contribution in [-0.2, 0) is 12.3 Å². The lowest BCUT2D eigenvalue weighted by atomic mass is 10.1. The van der Waals surface area contributed by atoms with Crippen LogP contribution in [0, 0.1) is 12.7 Å². The number of nitrogens with zero attached hydrogens (tertiary/aromatic N) is 4. The highest BCUT2D eigenvalue weighted by Crippen LogP contribution is 2.22. The van der Waals surface area contributed by atoms with Crippen LogP contribution in [0.2, 0.25) is 0 Å². The molecule has 0 saturated heterocycles. The predicted octanol–water partition coefficient (Wildman–Crippen LogP) is 2.41. The molecule has 114 valence electrons. The Hall–Kier alpha value is -1.47. The lowest BCUT2D eigenvalue weighted by molar-refractivity contribution is 0.510. The van der Waals surface area contributed by atoms with Gasteiger partial charge in [-0.2, -0.15) is 0 Å². The van der Waals surface area contributed by atoms with E-state index in [0.29, 0.717) is 5.75 Å². The van der Waals surface area contributed by atoms with E-state index in [4.69, 9.17) is 0 Å². The summed E-state index contributed by atoms with van der Waals surface area (Å²) < 4.78 is 15.0. The van der Waals surface area contributed by atoms with Crippen molar-refractivity contribution in [2.45, 2.75) is 37.7 Å². The molecule has 0 spiro atoms. The average molecular weight is 309 g/mol. The molecule has 1 aromatic carbocycles. The van der Waals surface area contributed by atoms with Gasteiger partial charge in [0.15, 0.2) is 0 Å². The minimum absolute atomic E-state index is 0.209. The molecule has 1 heterocycles. The highest BCUT2D eigenvalue weighted by Gasteiger charge is 2.08. The molecule has 7 heteroatoms. The number of hydrogen-bond donors (Lipinski definition) is 1. The molecule has 0 amide bonds. The van der Waals surface area contributed by atoms with Gasteiger partial charge in [0.2, 0.25) is 5.16 Å². The van der Waals surface area contributed by atoms with Crippen molar-refractivity contribution in [2.24, 2.45) is 0 Å². The Labute approximate surface area is 128 Å². The van der Waals surface area contributed by atoms with E-state index < -0.39 is 0 Å². The molecule has 0 radical (unpaired) electrons. The maximum Gasteiger partial charge on any atom is 0.209 e. The molecular weight excluding hydrogens is 289 g/mol. The van der Waals surface area contributed by atoms with Gasteiger partial charge in [0, 0.05) is 12.3 Å². The van der Waals surface area contributed by atoms with Crippen LogP contribution in [0.25, 0.3) is 0 Å². The smallest absolute Gasteiger partial charge is 0.209 e. The van der Waals surface area contributed by atoms with Gasteiger partial charge in [0.05, 0.1) is 6.54 Å². The Balaban J connectivity index is 1.91. The van der Waals surface area contributed by atoms with Crippen molar-refractivity contribution in [1.29, 1.82) is 0 Å². The normalized spacial score (nSPS) is 11.0. The quantitative estimate of drug-likeness (QED) is 0.599. The molecule has 1 aromatic heterocycles. The summed E-state index contributed by atoms with van der Waals surface area (Å²) in [5, 5.41) is 15.8. The SMILES string of the molecule is CCCNCCn1nnnc1SCc1cc(F)ccc1C. The van der Waals surface area contributed by atoms with E-state index in [-0.39, 0.29) is 5.82 Å². The van der Waals surface area contributed by atoms with Crippen LogP contribution in [0.5, 0.6) is 0 Å². The zero-order valence-corrected chi connectivity index (χ0v) is 13.2. The first kappa shape index (κ1) is 15.9. The van der Waals surface area contributed by atoms with E-state index >= 15 is 0 Å². The monoisotopic (exact) mass is 309 g/mol. The summed E-state index contributed by atoms with van der Waals surface area (Å²) in [4.78, 5) is 0. The molecule has 0 aliphatic rings. The van der Waals surface area contributed by atoms with E-state index in [0.717, 1.165) is 42.3 Å². The van der Waals surface area contributed by atoms with Gasteiger partial charge in [-0.1, -0.05) is 24.8 Å². The van der Waals surface area contributed by atoms with Crippen LogP contribution in [0.4, 0.5) is 4.39 Å². The van der Waals surface area contributed by atoms with Gasteiger partial charge >= 0.3 is 0 Å². The number of halogens is 1. The minimum atomic E-state index is -0.209. The highest BCUT2D eigenvalue weighted by molar-refractivity contribution is 7.98. The van der Waals surface area contributed by atoms with E-state index in [1.807, 2.05) is 6.92 Å². The number of aryl methyl sites for hydroxylation is 1. The second-order valence-corrected chi connectivity index (χ2v) is 5.74. The maximum atomic E-state index is 13.3. The first-order valence-corrected chi connectivity index (χ1v) is 8.04. The van der Waals surface area contributed by atoms with Crippen molar-refractivity contribution in [2.75, 3.05) is 13.1 Å². The average Bonchev–Trinajstić information content (AvgIpc) is 2.92. The molecule has 2 rings (SSSR count). The fraction of sp³-hybridized carbons (Fsp3) is 0.500. The van der Waals surface area contributed by atoms with Crippen molar-refractivity contribution < 1.29 is 4.39 Å². The number of hydrogen-bond acceptors (Lipinski definition) is 5. The third kappa shape index (κ3) is 4.78. The molecule has 0 atom stereocenters. The summed E-state index contributed by atoms with van der Waals surface area (Å²) in [5.74, 6) is 0.450. The second-order valence-electron chi connectivity index (χ2n) is 4.79. The Morgan fingerprint density at radius 3 is 3.00 bits per heavy atom. The summed E-state index contributed by atoms with van der Waals surface area (Å²) in [6, 6.07) is 4.84. The van der Waals surface area contributed by atoms with Crippen LogP contribution in [-0.4, -0.2) is 33.3 Å². The zero-order valence-electron chi connectivity index (χ0n) is 12.3. The van der Waals surface area contributed by atoms with Crippen LogP contribution in [0.15, 0.2) is 23.4 Å². The van der Waals surface area contributed by atoms with Crippen molar-refractivity contribution in [3.63, 3.8) is 0 Å². The number of tetrazole rings is 1. The highest BCUT2D eigenvalue weighted by atomic mass is 32.2. The molecule has 1 N–H and O–H groups in total. The summed E-state index contributed by atoms with van der Waals surface area (Å²) in [7, 11) is 0. The molecule has 0 bridgehead atoms. The molecule has 0 saturated carbocycles. The summed E-state index contributed by atoms with van der Waals surface area (Å²) in [6.07, 6.45) is 1.11. The molecule has 5 nitrogen and oxygen atoms in total. The number of aromatic nitrogens is 4. The van der Waals surface area contributed by atoms with Gasteiger partial charge in [0.25, 0.3) is 0 Å². The molecule has 0 aliphatic heterocycles. The number of benzene rings is 1. The van der Waals surface area contributed by atoms with Gasteiger partial charge in [-0.25, -0.2) is 9.07 Å². The van der Waals surface area contributed by atoms with E-state index in [9.17, 15) is 4.39 Å². The van der Waals surface area contributed by atoms with Gasteiger partial charge in [0.1, 0.15) is 5.82 Å². The summed E-state index contributed by atoms with van der Waals surface area (Å²) in [6.45, 7) is 6.68. The van der Waals surface area contributed by atoms with Crippen molar-refractivity contribution in [3.8, 4) is 0 Å². The van der Waals surface area contributed by atoms with Crippen molar-refractivity contribution in [1.82, 2.24) is 25.5 Å². The van der Waals surface area contributed by atoms with E-state index in [1.165, 1.54) is 17.8 Å². The molecule has 2 aromatic rings.